The Balaban J connectivity index is 2.28. The van der Waals surface area contributed by atoms with Gasteiger partial charge in [-0.05, 0) is 60.1 Å². The number of nitrogens with zero attached hydrogens (tertiary/aromatic N) is 1. The second kappa shape index (κ2) is 6.13. The van der Waals surface area contributed by atoms with Crippen LogP contribution in [0.3, 0.4) is 0 Å². The zero-order valence-electron chi connectivity index (χ0n) is 10.2. The van der Waals surface area contributed by atoms with Crippen LogP contribution in [0.2, 0.25) is 0 Å². The average Bonchev–Trinajstić information content (AvgIpc) is 2.38. The lowest BCUT2D eigenvalue weighted by Gasteiger charge is -2.35. The Morgan fingerprint density at radius 2 is 2.21 bits per heavy atom. The molecule has 0 radical (unpaired) electrons. The van der Waals surface area contributed by atoms with Gasteiger partial charge in [0.05, 0.1) is 16.6 Å². The molecule has 19 heavy (non-hydrogen) atoms. The third-order valence-corrected chi connectivity index (χ3v) is 4.42. The Morgan fingerprint density at radius 3 is 2.84 bits per heavy atom. The molecule has 1 amide bonds. The number of amides is 1. The van der Waals surface area contributed by atoms with Crippen LogP contribution >= 0.6 is 34.8 Å². The van der Waals surface area contributed by atoms with E-state index in [1.807, 2.05) is 22.6 Å². The molecule has 0 aliphatic carbocycles. The number of nitrogens with two attached hydrogens (primary N) is 1. The van der Waals surface area contributed by atoms with Gasteiger partial charge in [-0.2, -0.15) is 0 Å². The molecule has 3 nitrogen and oxygen atoms in total. The first-order chi connectivity index (χ1) is 9.00. The molecule has 0 saturated carbocycles. The van der Waals surface area contributed by atoms with Crippen molar-refractivity contribution < 1.29 is 9.18 Å². The summed E-state index contributed by atoms with van der Waals surface area (Å²) in [6, 6.07) is 3.99. The molecule has 1 atom stereocenters. The molecule has 0 bridgehead atoms. The van der Waals surface area contributed by atoms with Crippen molar-refractivity contribution in [1.82, 2.24) is 4.90 Å². The van der Waals surface area contributed by atoms with Crippen molar-refractivity contribution in [1.29, 1.82) is 0 Å². The zero-order valence-corrected chi connectivity index (χ0v) is 13.2. The van der Waals surface area contributed by atoms with E-state index >= 15 is 0 Å². The second-order valence-corrected chi connectivity index (χ2v) is 6.17. The summed E-state index contributed by atoms with van der Waals surface area (Å²) < 4.78 is 13.7. The summed E-state index contributed by atoms with van der Waals surface area (Å²) >= 11 is 7.01. The van der Waals surface area contributed by atoms with E-state index in [-0.39, 0.29) is 17.8 Å². The fraction of sp³-hybridized carbons (Fsp3) is 0.385. The van der Waals surface area contributed by atoms with Gasteiger partial charge in [-0.1, -0.05) is 12.2 Å². The molecule has 102 valence electrons. The lowest BCUT2D eigenvalue weighted by atomic mass is 10.0. The van der Waals surface area contributed by atoms with Gasteiger partial charge in [0.25, 0.3) is 5.91 Å². The van der Waals surface area contributed by atoms with E-state index in [2.05, 4.69) is 0 Å². The molecule has 2 N–H and O–H groups in total. The second-order valence-electron chi connectivity index (χ2n) is 4.54. The molecule has 1 aromatic carbocycles. The third kappa shape index (κ3) is 3.22. The molecule has 1 aliphatic rings. The van der Waals surface area contributed by atoms with Gasteiger partial charge in [-0.3, -0.25) is 4.79 Å². The SMILES string of the molecule is NC(=S)C1CCCCN1C(=O)c1ccc(F)cc1I. The predicted molar refractivity (Wildman–Crippen MR) is 84.6 cm³/mol. The Labute approximate surface area is 130 Å². The minimum atomic E-state index is -0.342. The zero-order chi connectivity index (χ0) is 14.0. The van der Waals surface area contributed by atoms with Gasteiger partial charge in [-0.25, -0.2) is 4.39 Å². The Bertz CT molecular complexity index is 523. The lowest BCUT2D eigenvalue weighted by molar-refractivity contribution is 0.0680. The van der Waals surface area contributed by atoms with Crippen LogP contribution in [0.15, 0.2) is 18.2 Å². The highest BCUT2D eigenvalue weighted by atomic mass is 127. The first kappa shape index (κ1) is 14.6. The van der Waals surface area contributed by atoms with Gasteiger partial charge >= 0.3 is 0 Å². The van der Waals surface area contributed by atoms with Gasteiger partial charge in [-0.15, -0.1) is 0 Å². The van der Waals surface area contributed by atoms with E-state index in [1.54, 1.807) is 4.90 Å². The van der Waals surface area contributed by atoms with Crippen molar-refractivity contribution in [3.05, 3.63) is 33.1 Å². The molecule has 1 aromatic rings. The van der Waals surface area contributed by atoms with Gasteiger partial charge in [0.2, 0.25) is 0 Å². The summed E-state index contributed by atoms with van der Waals surface area (Å²) in [6.07, 6.45) is 2.77. The van der Waals surface area contributed by atoms with Crippen LogP contribution in [0.1, 0.15) is 29.6 Å². The summed E-state index contributed by atoms with van der Waals surface area (Å²) in [5, 5.41) is 0. The number of carbonyl (C=O) groups excluding carboxylic acids is 1. The molecule has 2 rings (SSSR count). The third-order valence-electron chi connectivity index (χ3n) is 3.25. The Hall–Kier alpha value is -0.760. The van der Waals surface area contributed by atoms with Crippen molar-refractivity contribution in [3.8, 4) is 0 Å². The number of rotatable bonds is 2. The molecule has 0 spiro atoms. The number of halogens is 2. The molecule has 1 unspecified atom stereocenters. The minimum absolute atomic E-state index is 0.123. The van der Waals surface area contributed by atoms with Crippen molar-refractivity contribution in [2.24, 2.45) is 5.73 Å². The topological polar surface area (TPSA) is 46.3 Å². The van der Waals surface area contributed by atoms with Gasteiger partial charge in [0.1, 0.15) is 5.82 Å². The van der Waals surface area contributed by atoms with E-state index in [0.29, 0.717) is 20.7 Å². The first-order valence-electron chi connectivity index (χ1n) is 6.06. The quantitative estimate of drug-likeness (QED) is 0.622. The van der Waals surface area contributed by atoms with Crippen LogP contribution in [0.5, 0.6) is 0 Å². The van der Waals surface area contributed by atoms with E-state index < -0.39 is 0 Å². The summed E-state index contributed by atoms with van der Waals surface area (Å²) in [5.41, 5.74) is 6.22. The van der Waals surface area contributed by atoms with Crippen molar-refractivity contribution in [3.63, 3.8) is 0 Å². The van der Waals surface area contributed by atoms with Crippen LogP contribution in [-0.2, 0) is 0 Å². The largest absolute Gasteiger partial charge is 0.392 e. The number of hydrogen-bond acceptors (Lipinski definition) is 2. The highest BCUT2D eigenvalue weighted by molar-refractivity contribution is 14.1. The van der Waals surface area contributed by atoms with E-state index in [9.17, 15) is 9.18 Å². The number of likely N-dealkylation sites (tertiary alicyclic amines) is 1. The van der Waals surface area contributed by atoms with Crippen LogP contribution in [0.25, 0.3) is 0 Å². The highest BCUT2D eigenvalue weighted by Crippen LogP contribution is 2.22. The summed E-state index contributed by atoms with van der Waals surface area (Å²) in [6.45, 7) is 0.647. The van der Waals surface area contributed by atoms with Crippen LogP contribution in [0, 0.1) is 9.39 Å². The number of hydrogen-bond donors (Lipinski definition) is 1. The maximum absolute atomic E-state index is 13.1. The molecule has 6 heteroatoms. The molecule has 0 aromatic heterocycles. The molecule has 1 saturated heterocycles. The van der Waals surface area contributed by atoms with Gasteiger partial charge in [0, 0.05) is 10.1 Å². The van der Waals surface area contributed by atoms with Crippen LogP contribution in [0.4, 0.5) is 4.39 Å². The lowest BCUT2D eigenvalue weighted by Crippen LogP contribution is -2.50. The fourth-order valence-corrected chi connectivity index (χ4v) is 3.24. The average molecular weight is 392 g/mol. The number of benzene rings is 1. The van der Waals surface area contributed by atoms with E-state index in [0.717, 1.165) is 19.3 Å². The van der Waals surface area contributed by atoms with E-state index in [4.69, 9.17) is 18.0 Å². The highest BCUT2D eigenvalue weighted by Gasteiger charge is 2.30. The molecule has 1 fully saturated rings. The first-order valence-corrected chi connectivity index (χ1v) is 7.54. The van der Waals surface area contributed by atoms with Gasteiger partial charge in [0.15, 0.2) is 0 Å². The molecule has 1 aliphatic heterocycles. The summed E-state index contributed by atoms with van der Waals surface area (Å²) in [7, 11) is 0. The smallest absolute Gasteiger partial charge is 0.255 e. The van der Waals surface area contributed by atoms with Crippen molar-refractivity contribution >= 4 is 45.7 Å². The number of carbonyl (C=O) groups is 1. The molecular formula is C13H14FIN2OS. The molecule has 1 heterocycles. The Kier molecular flexibility index (Phi) is 4.72. The van der Waals surface area contributed by atoms with Crippen LogP contribution < -0.4 is 5.73 Å². The number of thiocarbonyl (C=S) groups is 1. The maximum Gasteiger partial charge on any atom is 0.255 e. The minimum Gasteiger partial charge on any atom is -0.392 e. The van der Waals surface area contributed by atoms with Crippen molar-refractivity contribution in [2.45, 2.75) is 25.3 Å². The van der Waals surface area contributed by atoms with Crippen molar-refractivity contribution in [2.75, 3.05) is 6.54 Å². The van der Waals surface area contributed by atoms with Gasteiger partial charge < -0.3 is 10.6 Å². The summed E-state index contributed by atoms with van der Waals surface area (Å²) in [5.74, 6) is -0.465. The monoisotopic (exact) mass is 392 g/mol. The maximum atomic E-state index is 13.1. The van der Waals surface area contributed by atoms with Crippen LogP contribution in [-0.4, -0.2) is 28.4 Å². The van der Waals surface area contributed by atoms with E-state index in [1.165, 1.54) is 18.2 Å². The fourth-order valence-electron chi connectivity index (χ4n) is 2.29. The number of piperidine rings is 1. The molecular weight excluding hydrogens is 378 g/mol. The summed E-state index contributed by atoms with van der Waals surface area (Å²) in [4.78, 5) is 14.6. The predicted octanol–water partition coefficient (Wildman–Crippen LogP) is 2.71. The standard InChI is InChI=1S/C13H14FIN2OS/c14-8-4-5-9(10(15)7-8)13(18)17-6-2-1-3-11(17)12(16)19/h4-5,7,11H,1-3,6H2,(H2,16,19). The Morgan fingerprint density at radius 1 is 1.47 bits per heavy atom. The normalized spacial score (nSPS) is 19.3.